The summed E-state index contributed by atoms with van der Waals surface area (Å²) in [5.41, 5.74) is 12.7. The van der Waals surface area contributed by atoms with Gasteiger partial charge in [0.2, 0.25) is 0 Å². The second-order valence-electron chi connectivity index (χ2n) is 14.2. The lowest BCUT2D eigenvalue weighted by molar-refractivity contribution is 0.660. The van der Waals surface area contributed by atoms with Crippen molar-refractivity contribution in [3.8, 4) is 56.2 Å². The zero-order valence-corrected chi connectivity index (χ0v) is 28.6. The van der Waals surface area contributed by atoms with Crippen LogP contribution in [-0.4, -0.2) is 9.97 Å². The molecule has 0 atom stereocenters. The van der Waals surface area contributed by atoms with E-state index in [0.29, 0.717) is 0 Å². The van der Waals surface area contributed by atoms with Crippen LogP contribution in [0.2, 0.25) is 0 Å². The van der Waals surface area contributed by atoms with Gasteiger partial charge in [-0.3, -0.25) is 0 Å². The van der Waals surface area contributed by atoms with Gasteiger partial charge in [0.05, 0.1) is 11.4 Å². The number of hydrogen-bond donors (Lipinski definition) is 0. The van der Waals surface area contributed by atoms with E-state index in [9.17, 15) is 0 Å². The van der Waals surface area contributed by atoms with Crippen LogP contribution in [0.4, 0.5) is 0 Å². The van der Waals surface area contributed by atoms with E-state index in [4.69, 9.17) is 9.97 Å². The van der Waals surface area contributed by atoms with E-state index in [2.05, 4.69) is 184 Å². The molecule has 0 fully saturated rings. The zero-order chi connectivity index (χ0) is 34.1. The summed E-state index contributed by atoms with van der Waals surface area (Å²) < 4.78 is 0. The first-order valence-corrected chi connectivity index (χ1v) is 17.7. The van der Waals surface area contributed by atoms with E-state index in [0.717, 1.165) is 44.9 Å². The van der Waals surface area contributed by atoms with Crippen molar-refractivity contribution in [3.05, 3.63) is 181 Å². The lowest BCUT2D eigenvalue weighted by Gasteiger charge is -2.21. The van der Waals surface area contributed by atoms with E-state index >= 15 is 0 Å². The summed E-state index contributed by atoms with van der Waals surface area (Å²) in [6.45, 7) is 4.66. The van der Waals surface area contributed by atoms with Crippen molar-refractivity contribution in [2.45, 2.75) is 19.3 Å². The molecule has 0 spiro atoms. The average Bonchev–Trinajstić information content (AvgIpc) is 3.42. The van der Waals surface area contributed by atoms with Gasteiger partial charge in [-0.25, -0.2) is 9.97 Å². The van der Waals surface area contributed by atoms with Crippen molar-refractivity contribution in [2.75, 3.05) is 0 Å². The summed E-state index contributed by atoms with van der Waals surface area (Å²) >= 11 is 0. The summed E-state index contributed by atoms with van der Waals surface area (Å²) in [7, 11) is 0. The molecule has 1 heterocycles. The Kier molecular flexibility index (Phi) is 6.56. The highest BCUT2D eigenvalue weighted by Gasteiger charge is 2.35. The standard InChI is InChI=1S/C49H34N2/c1-49(2)42-23-13-12-21-39(42)41-29-34(26-27-43(41)49)36-18-10-11-22-40(36)45-30-44(32-15-4-3-5-16-32)50-48(51-45)47-38-20-9-7-17-33(38)28-35-25-24-31-14-6-8-19-37(31)46(35)47/h3-30H,1-2H3. The number of benzene rings is 8. The number of nitrogens with zero attached hydrogens (tertiary/aromatic N) is 2. The van der Waals surface area contributed by atoms with Gasteiger partial charge < -0.3 is 0 Å². The van der Waals surface area contributed by atoms with Crippen LogP contribution in [0.25, 0.3) is 88.5 Å². The smallest absolute Gasteiger partial charge is 0.161 e. The summed E-state index contributed by atoms with van der Waals surface area (Å²) in [6.07, 6.45) is 0. The predicted molar refractivity (Wildman–Crippen MR) is 214 cm³/mol. The molecule has 0 radical (unpaired) electrons. The summed E-state index contributed by atoms with van der Waals surface area (Å²) in [5, 5.41) is 7.08. The maximum atomic E-state index is 5.51. The van der Waals surface area contributed by atoms with Crippen LogP contribution in [0.3, 0.4) is 0 Å². The lowest BCUT2D eigenvalue weighted by Crippen LogP contribution is -2.14. The highest BCUT2D eigenvalue weighted by Crippen LogP contribution is 2.50. The maximum absolute atomic E-state index is 5.51. The van der Waals surface area contributed by atoms with Crippen LogP contribution >= 0.6 is 0 Å². The molecule has 0 saturated carbocycles. The second kappa shape index (κ2) is 11.3. The van der Waals surface area contributed by atoms with Gasteiger partial charge in [0.25, 0.3) is 0 Å². The first-order valence-electron chi connectivity index (χ1n) is 17.7. The molecule has 10 rings (SSSR count). The van der Waals surface area contributed by atoms with E-state index in [1.54, 1.807) is 0 Å². The predicted octanol–water partition coefficient (Wildman–Crippen LogP) is 12.9. The second-order valence-corrected chi connectivity index (χ2v) is 14.2. The molecule has 0 amide bonds. The third-order valence-electron chi connectivity index (χ3n) is 10.9. The Morgan fingerprint density at radius 1 is 0.392 bits per heavy atom. The van der Waals surface area contributed by atoms with Gasteiger partial charge in [-0.05, 0) is 78.5 Å². The fraction of sp³-hybridized carbons (Fsp3) is 0.0612. The Balaban J connectivity index is 1.25. The summed E-state index contributed by atoms with van der Waals surface area (Å²) in [5.74, 6) is 0.726. The normalized spacial score (nSPS) is 13.1. The molecule has 1 aromatic heterocycles. The van der Waals surface area contributed by atoms with Crippen LogP contribution in [0.1, 0.15) is 25.0 Å². The Hall–Kier alpha value is -6.38. The topological polar surface area (TPSA) is 25.8 Å². The number of fused-ring (bicyclic) bond motifs is 7. The highest BCUT2D eigenvalue weighted by molar-refractivity contribution is 6.21. The Bertz CT molecular complexity index is 2830. The molecule has 2 nitrogen and oxygen atoms in total. The van der Waals surface area contributed by atoms with Crippen LogP contribution < -0.4 is 0 Å². The molecule has 0 bridgehead atoms. The van der Waals surface area contributed by atoms with Gasteiger partial charge in [0.15, 0.2) is 5.82 Å². The molecule has 2 heteroatoms. The minimum Gasteiger partial charge on any atom is -0.228 e. The zero-order valence-electron chi connectivity index (χ0n) is 28.6. The maximum Gasteiger partial charge on any atom is 0.161 e. The fourth-order valence-electron chi connectivity index (χ4n) is 8.37. The quantitative estimate of drug-likeness (QED) is 0.140. The van der Waals surface area contributed by atoms with Crippen molar-refractivity contribution in [3.63, 3.8) is 0 Å². The molecule has 0 aliphatic heterocycles. The molecule has 0 saturated heterocycles. The molecule has 0 N–H and O–H groups in total. The lowest BCUT2D eigenvalue weighted by atomic mass is 9.82. The Labute approximate surface area is 297 Å². The molecule has 1 aliphatic carbocycles. The molecule has 9 aromatic rings. The Morgan fingerprint density at radius 2 is 1.02 bits per heavy atom. The first kappa shape index (κ1) is 29.5. The van der Waals surface area contributed by atoms with Crippen LogP contribution in [0.5, 0.6) is 0 Å². The van der Waals surface area contributed by atoms with E-state index < -0.39 is 0 Å². The first-order chi connectivity index (χ1) is 25.0. The number of aromatic nitrogens is 2. The molecule has 0 unspecified atom stereocenters. The third kappa shape index (κ3) is 4.64. The van der Waals surface area contributed by atoms with Gasteiger partial charge in [0.1, 0.15) is 0 Å². The summed E-state index contributed by atoms with van der Waals surface area (Å²) in [4.78, 5) is 10.9. The van der Waals surface area contributed by atoms with Gasteiger partial charge in [-0.1, -0.05) is 166 Å². The Morgan fingerprint density at radius 3 is 1.86 bits per heavy atom. The van der Waals surface area contributed by atoms with E-state index in [-0.39, 0.29) is 5.41 Å². The minimum atomic E-state index is -0.0402. The van der Waals surface area contributed by atoms with Gasteiger partial charge in [0, 0.05) is 27.5 Å². The highest BCUT2D eigenvalue weighted by atomic mass is 14.9. The molecular weight excluding hydrogens is 617 g/mol. The van der Waals surface area contributed by atoms with Gasteiger partial charge >= 0.3 is 0 Å². The van der Waals surface area contributed by atoms with Crippen molar-refractivity contribution >= 4 is 32.3 Å². The molecule has 240 valence electrons. The number of hydrogen-bond acceptors (Lipinski definition) is 2. The molecule has 1 aliphatic rings. The number of rotatable bonds is 4. The van der Waals surface area contributed by atoms with Crippen molar-refractivity contribution in [2.24, 2.45) is 0 Å². The van der Waals surface area contributed by atoms with E-state index in [1.165, 1.54) is 54.7 Å². The van der Waals surface area contributed by atoms with Gasteiger partial charge in [-0.15, -0.1) is 0 Å². The largest absolute Gasteiger partial charge is 0.228 e. The summed E-state index contributed by atoms with van der Waals surface area (Å²) in [6, 6.07) is 61.2. The molecule has 51 heavy (non-hydrogen) atoms. The monoisotopic (exact) mass is 650 g/mol. The van der Waals surface area contributed by atoms with Crippen LogP contribution in [-0.2, 0) is 5.41 Å². The third-order valence-corrected chi connectivity index (χ3v) is 10.9. The fourth-order valence-corrected chi connectivity index (χ4v) is 8.37. The van der Waals surface area contributed by atoms with Crippen molar-refractivity contribution in [1.82, 2.24) is 9.97 Å². The van der Waals surface area contributed by atoms with Gasteiger partial charge in [-0.2, -0.15) is 0 Å². The molecular formula is C49H34N2. The SMILES string of the molecule is CC1(C)c2ccccc2-c2cc(-c3ccccc3-c3cc(-c4ccccc4)nc(-c4c5ccccc5cc5ccc6ccccc6c45)n3)ccc21. The van der Waals surface area contributed by atoms with Crippen LogP contribution in [0.15, 0.2) is 170 Å². The van der Waals surface area contributed by atoms with Crippen molar-refractivity contribution < 1.29 is 0 Å². The molecule has 8 aromatic carbocycles. The minimum absolute atomic E-state index is 0.0402. The van der Waals surface area contributed by atoms with Crippen molar-refractivity contribution in [1.29, 1.82) is 0 Å². The average molecular weight is 651 g/mol. The van der Waals surface area contributed by atoms with Crippen LogP contribution in [0, 0.1) is 0 Å². The van der Waals surface area contributed by atoms with E-state index in [1.807, 2.05) is 0 Å².